The molecule has 0 saturated carbocycles. The Bertz CT molecular complexity index is 1060. The van der Waals surface area contributed by atoms with Crippen LogP contribution in [0.25, 0.3) is 0 Å². The number of hydrogen-bond acceptors (Lipinski definition) is 17. The Morgan fingerprint density at radius 1 is 0.571 bits per heavy atom. The van der Waals surface area contributed by atoms with Gasteiger partial charge in [0.05, 0.1) is 0 Å². The van der Waals surface area contributed by atoms with E-state index < -0.39 is 110 Å². The second-order valence-corrected chi connectivity index (χ2v) is 9.10. The predicted molar refractivity (Wildman–Crippen MR) is 126 cm³/mol. The van der Waals surface area contributed by atoms with E-state index in [-0.39, 0.29) is 0 Å². The number of carbonyl (C=O) groups excluding carboxylic acids is 6. The number of esters is 6. The third kappa shape index (κ3) is 9.33. The van der Waals surface area contributed by atoms with Crippen LogP contribution in [0.5, 0.6) is 0 Å². The molecule has 2 N–H and O–H groups in total. The van der Waals surface area contributed by atoms with Gasteiger partial charge in [-0.1, -0.05) is 0 Å². The molecule has 2 fully saturated rings. The van der Waals surface area contributed by atoms with Gasteiger partial charge in [-0.2, -0.15) is 0 Å². The van der Waals surface area contributed by atoms with Gasteiger partial charge in [0.2, 0.25) is 0 Å². The third-order valence-electron chi connectivity index (χ3n) is 5.60. The zero-order chi connectivity index (χ0) is 31.9. The molecular weight excluding hydrogens is 576 g/mol. The molecule has 0 aromatic rings. The van der Waals surface area contributed by atoms with E-state index in [1.54, 1.807) is 0 Å². The van der Waals surface area contributed by atoms with E-state index in [1.807, 2.05) is 0 Å². The summed E-state index contributed by atoms with van der Waals surface area (Å²) in [5.74, 6) is -7.32. The second kappa shape index (κ2) is 14.9. The first-order valence-corrected chi connectivity index (χ1v) is 12.4. The molecule has 18 heteroatoms. The lowest BCUT2D eigenvalue weighted by Crippen LogP contribution is -2.67. The molecule has 2 aliphatic rings. The maximum atomic E-state index is 12.1. The van der Waals surface area contributed by atoms with E-state index in [9.17, 15) is 43.8 Å². The Labute approximate surface area is 238 Å². The molecule has 0 aliphatic carbocycles. The van der Waals surface area contributed by atoms with Crippen molar-refractivity contribution in [3.8, 4) is 0 Å². The maximum absolute atomic E-state index is 12.1. The third-order valence-corrected chi connectivity index (χ3v) is 5.60. The first kappa shape index (κ1) is 34.3. The lowest BCUT2D eigenvalue weighted by Gasteiger charge is -2.47. The van der Waals surface area contributed by atoms with E-state index in [0.29, 0.717) is 0 Å². The average Bonchev–Trinajstić information content (AvgIpc) is 2.83. The molecular formula is C24H32O18. The highest BCUT2D eigenvalue weighted by Crippen LogP contribution is 2.34. The minimum atomic E-state index is -2.11. The number of hydrogen-bond donors (Lipinski definition) is 2. The molecule has 236 valence electrons. The van der Waals surface area contributed by atoms with Crippen LogP contribution >= 0.6 is 0 Å². The smallest absolute Gasteiger partial charge is 0.335 e. The first-order valence-electron chi connectivity index (χ1n) is 12.4. The van der Waals surface area contributed by atoms with Crippen LogP contribution in [0.1, 0.15) is 41.5 Å². The van der Waals surface area contributed by atoms with Crippen LogP contribution in [0.2, 0.25) is 0 Å². The highest BCUT2D eigenvalue weighted by Gasteiger charge is 2.58. The number of aliphatic hydroxyl groups is 1. The van der Waals surface area contributed by atoms with Crippen molar-refractivity contribution in [1.29, 1.82) is 0 Å². The minimum Gasteiger partial charge on any atom is -0.479 e. The van der Waals surface area contributed by atoms with Crippen molar-refractivity contribution in [1.82, 2.24) is 0 Å². The Kier molecular flexibility index (Phi) is 12.1. The van der Waals surface area contributed by atoms with Crippen molar-refractivity contribution in [2.45, 2.75) is 103 Å². The number of rotatable bonds is 10. The second-order valence-electron chi connectivity index (χ2n) is 9.10. The molecule has 0 bridgehead atoms. The molecule has 2 saturated heterocycles. The summed E-state index contributed by atoms with van der Waals surface area (Å²) in [4.78, 5) is 83.3. The van der Waals surface area contributed by atoms with Crippen LogP contribution < -0.4 is 0 Å². The van der Waals surface area contributed by atoms with E-state index in [1.165, 1.54) is 0 Å². The van der Waals surface area contributed by atoms with E-state index in [0.717, 1.165) is 41.5 Å². The number of carbonyl (C=O) groups is 7. The van der Waals surface area contributed by atoms with Crippen LogP contribution in [0.4, 0.5) is 0 Å². The number of aliphatic carboxylic acids is 1. The standard InChI is InChI=1S/C24H32O18/c1-8(25)34-7-14-15(35-9(2)26)16(36-10(3)27)21(39-13(6)30)24(40-14)42-17-18(37-11(4)28)20(38-12(5)29)23(33)41-19(17)22(31)32/h14-21,23-24,33H,7H2,1-6H3,(H,31,32)/t14-,15-,16+,17+,18+,19+,20-,21+,23+,24-/m1/s1. The molecule has 2 rings (SSSR count). The minimum absolute atomic E-state index is 0.622. The summed E-state index contributed by atoms with van der Waals surface area (Å²) >= 11 is 0. The first-order chi connectivity index (χ1) is 19.5. The Morgan fingerprint density at radius 3 is 1.45 bits per heavy atom. The molecule has 0 aromatic carbocycles. The lowest BCUT2D eigenvalue weighted by atomic mass is 9.96. The predicted octanol–water partition coefficient (Wildman–Crippen LogP) is -1.88. The van der Waals surface area contributed by atoms with Crippen LogP contribution in [0, 0.1) is 0 Å². The summed E-state index contributed by atoms with van der Waals surface area (Å²) in [6, 6.07) is 0. The molecule has 0 unspecified atom stereocenters. The molecule has 18 nitrogen and oxygen atoms in total. The summed E-state index contributed by atoms with van der Waals surface area (Å²) in [7, 11) is 0. The van der Waals surface area contributed by atoms with Crippen LogP contribution in [0.3, 0.4) is 0 Å². The van der Waals surface area contributed by atoms with Crippen LogP contribution in [0.15, 0.2) is 0 Å². The monoisotopic (exact) mass is 608 g/mol. The van der Waals surface area contributed by atoms with E-state index in [4.69, 9.17) is 42.6 Å². The van der Waals surface area contributed by atoms with Gasteiger partial charge >= 0.3 is 41.8 Å². The van der Waals surface area contributed by atoms with Crippen molar-refractivity contribution in [3.63, 3.8) is 0 Å². The van der Waals surface area contributed by atoms with Crippen molar-refractivity contribution in [3.05, 3.63) is 0 Å². The molecule has 0 aromatic heterocycles. The van der Waals surface area contributed by atoms with Gasteiger partial charge in [-0.05, 0) is 0 Å². The van der Waals surface area contributed by atoms with Gasteiger partial charge in [0.25, 0.3) is 0 Å². The van der Waals surface area contributed by atoms with E-state index >= 15 is 0 Å². The van der Waals surface area contributed by atoms with Crippen molar-refractivity contribution in [2.75, 3.05) is 6.61 Å². The average molecular weight is 609 g/mol. The van der Waals surface area contributed by atoms with Crippen molar-refractivity contribution in [2.24, 2.45) is 0 Å². The summed E-state index contributed by atoms with van der Waals surface area (Å²) in [6.07, 6.45) is -18.2. The molecule has 10 atom stereocenters. The van der Waals surface area contributed by atoms with Crippen molar-refractivity contribution >= 4 is 41.8 Å². The van der Waals surface area contributed by atoms with Gasteiger partial charge in [0.15, 0.2) is 49.2 Å². The van der Waals surface area contributed by atoms with E-state index in [2.05, 4.69) is 0 Å². The highest BCUT2D eigenvalue weighted by atomic mass is 16.8. The quantitative estimate of drug-likeness (QED) is 0.203. The molecule has 0 spiro atoms. The summed E-state index contributed by atoms with van der Waals surface area (Å²) in [5, 5.41) is 20.2. The number of aliphatic hydroxyl groups excluding tert-OH is 1. The lowest BCUT2D eigenvalue weighted by molar-refractivity contribution is -0.352. The molecule has 2 heterocycles. The Balaban J connectivity index is 2.65. The van der Waals surface area contributed by atoms with Gasteiger partial charge in [-0.15, -0.1) is 0 Å². The number of carboxylic acid groups (broad SMARTS) is 1. The SMILES string of the molecule is CC(=O)OC[C@H]1O[C@H](O[C@H]2[C@H](OC(C)=O)[C@@H](OC(C)=O)[C@@H](O)O[C@@H]2C(=O)O)[C@@H](OC(C)=O)[C@@H](OC(C)=O)[C@@H]1OC(C)=O. The molecule has 0 amide bonds. The zero-order valence-electron chi connectivity index (χ0n) is 23.4. The summed E-state index contributed by atoms with van der Waals surface area (Å²) in [5.41, 5.74) is 0. The highest BCUT2D eigenvalue weighted by molar-refractivity contribution is 5.74. The van der Waals surface area contributed by atoms with Gasteiger partial charge in [-0.25, -0.2) is 4.79 Å². The fraction of sp³-hybridized carbons (Fsp3) is 0.708. The molecule has 0 radical (unpaired) electrons. The summed E-state index contributed by atoms with van der Waals surface area (Å²) < 4.78 is 47.7. The van der Waals surface area contributed by atoms with Gasteiger partial charge in [-0.3, -0.25) is 28.8 Å². The fourth-order valence-corrected chi connectivity index (χ4v) is 4.27. The van der Waals surface area contributed by atoms with Crippen molar-refractivity contribution < 1.29 is 86.4 Å². The number of ether oxygens (including phenoxy) is 9. The van der Waals surface area contributed by atoms with Crippen LogP contribution in [-0.4, -0.2) is 120 Å². The largest absolute Gasteiger partial charge is 0.479 e. The van der Waals surface area contributed by atoms with Gasteiger partial charge < -0.3 is 52.8 Å². The normalized spacial score (nSPS) is 32.5. The Hall–Kier alpha value is -3.87. The Morgan fingerprint density at radius 2 is 1.00 bits per heavy atom. The van der Waals surface area contributed by atoms with Crippen LogP contribution in [-0.2, 0) is 76.2 Å². The topological polar surface area (TPSA) is 243 Å². The zero-order valence-corrected chi connectivity index (χ0v) is 23.4. The molecule has 2 aliphatic heterocycles. The number of carboxylic acids is 1. The summed E-state index contributed by atoms with van der Waals surface area (Å²) in [6.45, 7) is 5.29. The fourth-order valence-electron chi connectivity index (χ4n) is 4.27. The maximum Gasteiger partial charge on any atom is 0.335 e. The van der Waals surface area contributed by atoms with Gasteiger partial charge in [0, 0.05) is 41.5 Å². The van der Waals surface area contributed by atoms with Gasteiger partial charge in [0.1, 0.15) is 18.8 Å². The molecule has 42 heavy (non-hydrogen) atoms.